The van der Waals surface area contributed by atoms with Crippen LogP contribution in [0.3, 0.4) is 0 Å². The first-order chi connectivity index (χ1) is 9.63. The SMILES string of the molecule is Cc1cccc(OC(C)C(=O)NCCCOCCO)c1. The van der Waals surface area contributed by atoms with E-state index in [0.717, 1.165) is 5.56 Å². The minimum absolute atomic E-state index is 0.0216. The number of hydrogen-bond donors (Lipinski definition) is 2. The maximum Gasteiger partial charge on any atom is 0.260 e. The highest BCUT2D eigenvalue weighted by Gasteiger charge is 2.13. The van der Waals surface area contributed by atoms with Crippen LogP contribution in [0, 0.1) is 6.92 Å². The van der Waals surface area contributed by atoms with Gasteiger partial charge in [0.2, 0.25) is 0 Å². The molecule has 0 spiro atoms. The molecule has 5 nitrogen and oxygen atoms in total. The molecule has 1 unspecified atom stereocenters. The van der Waals surface area contributed by atoms with E-state index in [-0.39, 0.29) is 12.5 Å². The van der Waals surface area contributed by atoms with Gasteiger partial charge in [0, 0.05) is 13.2 Å². The lowest BCUT2D eigenvalue weighted by molar-refractivity contribution is -0.127. The zero-order valence-corrected chi connectivity index (χ0v) is 12.1. The molecule has 0 saturated carbocycles. The number of aryl methyl sites for hydroxylation is 1. The van der Waals surface area contributed by atoms with Crippen LogP contribution in [0.25, 0.3) is 0 Å². The van der Waals surface area contributed by atoms with Gasteiger partial charge in [-0.1, -0.05) is 12.1 Å². The van der Waals surface area contributed by atoms with Gasteiger partial charge in [0.15, 0.2) is 6.10 Å². The molecule has 1 aromatic carbocycles. The Morgan fingerprint density at radius 1 is 1.40 bits per heavy atom. The first-order valence-electron chi connectivity index (χ1n) is 6.83. The monoisotopic (exact) mass is 281 g/mol. The van der Waals surface area contributed by atoms with Crippen molar-refractivity contribution in [3.8, 4) is 5.75 Å². The molecule has 1 rings (SSSR count). The average molecular weight is 281 g/mol. The summed E-state index contributed by atoms with van der Waals surface area (Å²) in [5, 5.41) is 11.3. The molecule has 0 saturated heterocycles. The van der Waals surface area contributed by atoms with Crippen molar-refractivity contribution in [1.29, 1.82) is 0 Å². The van der Waals surface area contributed by atoms with E-state index in [4.69, 9.17) is 14.6 Å². The van der Waals surface area contributed by atoms with Crippen LogP contribution in [0.4, 0.5) is 0 Å². The molecule has 0 heterocycles. The van der Waals surface area contributed by atoms with Crippen molar-refractivity contribution in [2.45, 2.75) is 26.4 Å². The Balaban J connectivity index is 2.22. The van der Waals surface area contributed by atoms with Crippen molar-refractivity contribution in [2.24, 2.45) is 0 Å². The Bertz CT molecular complexity index is 409. The Hall–Kier alpha value is -1.59. The summed E-state index contributed by atoms with van der Waals surface area (Å²) >= 11 is 0. The standard InChI is InChI=1S/C15H23NO4/c1-12-5-3-6-14(11-12)20-13(2)15(18)16-7-4-9-19-10-8-17/h3,5-6,11,13,17H,4,7-10H2,1-2H3,(H,16,18). The summed E-state index contributed by atoms with van der Waals surface area (Å²) in [6.45, 7) is 5.11. The minimum atomic E-state index is -0.532. The summed E-state index contributed by atoms with van der Waals surface area (Å²) in [5.41, 5.74) is 1.09. The Morgan fingerprint density at radius 2 is 2.20 bits per heavy atom. The van der Waals surface area contributed by atoms with E-state index in [2.05, 4.69) is 5.32 Å². The minimum Gasteiger partial charge on any atom is -0.481 e. The summed E-state index contributed by atoms with van der Waals surface area (Å²) in [6, 6.07) is 7.60. The van der Waals surface area contributed by atoms with Gasteiger partial charge < -0.3 is 19.9 Å². The van der Waals surface area contributed by atoms with Crippen molar-refractivity contribution in [2.75, 3.05) is 26.4 Å². The summed E-state index contributed by atoms with van der Waals surface area (Å²) in [6.07, 6.45) is 0.179. The van der Waals surface area contributed by atoms with Crippen LogP contribution >= 0.6 is 0 Å². The highest BCUT2D eigenvalue weighted by atomic mass is 16.5. The number of carbonyl (C=O) groups excluding carboxylic acids is 1. The van der Waals surface area contributed by atoms with Gasteiger partial charge in [0.1, 0.15) is 5.75 Å². The molecule has 112 valence electrons. The average Bonchev–Trinajstić information content (AvgIpc) is 2.42. The van der Waals surface area contributed by atoms with E-state index < -0.39 is 6.10 Å². The molecule has 2 N–H and O–H groups in total. The zero-order valence-electron chi connectivity index (χ0n) is 12.1. The van der Waals surface area contributed by atoms with Crippen LogP contribution in [0.15, 0.2) is 24.3 Å². The molecule has 1 atom stereocenters. The van der Waals surface area contributed by atoms with Crippen LogP contribution in [0.2, 0.25) is 0 Å². The van der Waals surface area contributed by atoms with Crippen LogP contribution in [-0.4, -0.2) is 43.5 Å². The maximum atomic E-state index is 11.8. The van der Waals surface area contributed by atoms with Gasteiger partial charge in [-0.05, 0) is 38.0 Å². The largest absolute Gasteiger partial charge is 0.481 e. The number of hydrogen-bond acceptors (Lipinski definition) is 4. The Kier molecular flexibility index (Phi) is 7.69. The number of carbonyl (C=O) groups is 1. The summed E-state index contributed by atoms with van der Waals surface area (Å²) < 4.78 is 10.7. The lowest BCUT2D eigenvalue weighted by Crippen LogP contribution is -2.37. The van der Waals surface area contributed by atoms with Gasteiger partial charge in [-0.25, -0.2) is 0 Å². The van der Waals surface area contributed by atoms with Gasteiger partial charge in [0.25, 0.3) is 5.91 Å². The van der Waals surface area contributed by atoms with Crippen LogP contribution < -0.4 is 10.1 Å². The van der Waals surface area contributed by atoms with Gasteiger partial charge in [0.05, 0.1) is 13.2 Å². The highest BCUT2D eigenvalue weighted by Crippen LogP contribution is 2.14. The predicted molar refractivity (Wildman–Crippen MR) is 76.8 cm³/mol. The van der Waals surface area contributed by atoms with Crippen molar-refractivity contribution in [3.05, 3.63) is 29.8 Å². The smallest absolute Gasteiger partial charge is 0.260 e. The van der Waals surface area contributed by atoms with Crippen molar-refractivity contribution in [3.63, 3.8) is 0 Å². The highest BCUT2D eigenvalue weighted by molar-refractivity contribution is 5.80. The molecular formula is C15H23NO4. The fourth-order valence-electron chi connectivity index (χ4n) is 1.64. The lowest BCUT2D eigenvalue weighted by atomic mass is 10.2. The molecule has 0 fully saturated rings. The molecule has 0 aliphatic carbocycles. The summed E-state index contributed by atoms with van der Waals surface area (Å²) in [7, 11) is 0. The molecule has 0 aliphatic rings. The number of benzene rings is 1. The third-order valence-corrected chi connectivity index (χ3v) is 2.67. The molecule has 0 aliphatic heterocycles. The molecule has 0 bridgehead atoms. The van der Waals surface area contributed by atoms with E-state index in [1.54, 1.807) is 6.92 Å². The molecular weight excluding hydrogens is 258 g/mol. The number of rotatable bonds is 9. The van der Waals surface area contributed by atoms with Gasteiger partial charge in [-0.15, -0.1) is 0 Å². The quantitative estimate of drug-likeness (QED) is 0.669. The van der Waals surface area contributed by atoms with Crippen LogP contribution in [0.1, 0.15) is 18.9 Å². The van der Waals surface area contributed by atoms with Gasteiger partial charge in [-0.2, -0.15) is 0 Å². The summed E-state index contributed by atoms with van der Waals surface area (Å²) in [4.78, 5) is 11.8. The number of aliphatic hydroxyl groups excluding tert-OH is 1. The lowest BCUT2D eigenvalue weighted by Gasteiger charge is -2.15. The molecule has 1 aromatic rings. The van der Waals surface area contributed by atoms with E-state index >= 15 is 0 Å². The second kappa shape index (κ2) is 9.34. The van der Waals surface area contributed by atoms with Crippen LogP contribution in [-0.2, 0) is 9.53 Å². The van der Waals surface area contributed by atoms with E-state index in [1.165, 1.54) is 0 Å². The number of ether oxygens (including phenoxy) is 2. The predicted octanol–water partition coefficient (Wildman–Crippen LogP) is 1.28. The fourth-order valence-corrected chi connectivity index (χ4v) is 1.64. The second-order valence-electron chi connectivity index (χ2n) is 4.56. The Morgan fingerprint density at radius 3 is 2.90 bits per heavy atom. The van der Waals surface area contributed by atoms with E-state index in [9.17, 15) is 4.79 Å². The van der Waals surface area contributed by atoms with E-state index in [1.807, 2.05) is 31.2 Å². The third-order valence-electron chi connectivity index (χ3n) is 2.67. The molecule has 20 heavy (non-hydrogen) atoms. The number of nitrogens with one attached hydrogen (secondary N) is 1. The van der Waals surface area contributed by atoms with Gasteiger partial charge in [-0.3, -0.25) is 4.79 Å². The molecule has 5 heteroatoms. The first kappa shape index (κ1) is 16.5. The van der Waals surface area contributed by atoms with Crippen molar-refractivity contribution < 1.29 is 19.4 Å². The van der Waals surface area contributed by atoms with Crippen molar-refractivity contribution in [1.82, 2.24) is 5.32 Å². The molecule has 0 radical (unpaired) electrons. The zero-order chi connectivity index (χ0) is 14.8. The topological polar surface area (TPSA) is 67.8 Å². The second-order valence-corrected chi connectivity index (χ2v) is 4.56. The van der Waals surface area contributed by atoms with E-state index in [0.29, 0.717) is 31.9 Å². The normalized spacial score (nSPS) is 11.9. The van der Waals surface area contributed by atoms with Crippen molar-refractivity contribution >= 4 is 5.91 Å². The third kappa shape index (κ3) is 6.54. The van der Waals surface area contributed by atoms with Gasteiger partial charge >= 0.3 is 0 Å². The Labute approximate surface area is 119 Å². The molecule has 1 amide bonds. The fraction of sp³-hybridized carbons (Fsp3) is 0.533. The summed E-state index contributed by atoms with van der Waals surface area (Å²) in [5.74, 6) is 0.549. The number of aliphatic hydroxyl groups is 1. The molecule has 0 aromatic heterocycles. The first-order valence-corrected chi connectivity index (χ1v) is 6.83. The number of amides is 1. The maximum absolute atomic E-state index is 11.8. The van der Waals surface area contributed by atoms with Crippen LogP contribution in [0.5, 0.6) is 5.75 Å².